The molecule has 0 atom stereocenters. The molecule has 0 unspecified atom stereocenters. The Morgan fingerprint density at radius 2 is 1.82 bits per heavy atom. The normalized spacial score (nSPS) is 11.5. The van der Waals surface area contributed by atoms with Crippen LogP contribution in [0.25, 0.3) is 21.7 Å². The minimum atomic E-state index is 0.599. The summed E-state index contributed by atoms with van der Waals surface area (Å²) >= 11 is 0. The molecule has 2 aromatic carbocycles. The Morgan fingerprint density at radius 3 is 2.59 bits per heavy atom. The molecule has 0 radical (unpaired) electrons. The molecule has 17 heavy (non-hydrogen) atoms. The van der Waals surface area contributed by atoms with E-state index in [9.17, 15) is 0 Å². The molecule has 0 spiro atoms. The highest BCUT2D eigenvalue weighted by Crippen LogP contribution is 2.30. The van der Waals surface area contributed by atoms with Gasteiger partial charge in [-0.15, -0.1) is 0 Å². The number of fused-ring (bicyclic) bond motifs is 3. The van der Waals surface area contributed by atoms with Crippen molar-refractivity contribution in [2.24, 2.45) is 12.8 Å². The second-order valence-corrected chi connectivity index (χ2v) is 4.51. The molecule has 0 aliphatic carbocycles. The van der Waals surface area contributed by atoms with E-state index in [0.29, 0.717) is 6.54 Å². The lowest BCUT2D eigenvalue weighted by molar-refractivity contribution is 0.896. The first kappa shape index (κ1) is 10.4. The van der Waals surface area contributed by atoms with Crippen LogP contribution in [0.3, 0.4) is 0 Å². The average Bonchev–Trinajstić information content (AvgIpc) is 2.62. The molecule has 0 saturated carbocycles. The predicted molar refractivity (Wildman–Crippen MR) is 73.1 cm³/mol. The van der Waals surface area contributed by atoms with Crippen molar-refractivity contribution in [3.8, 4) is 0 Å². The van der Waals surface area contributed by atoms with Crippen LogP contribution in [-0.4, -0.2) is 4.57 Å². The number of nitrogens with two attached hydrogens (primary N) is 1. The number of hydrogen-bond acceptors (Lipinski definition) is 1. The van der Waals surface area contributed by atoms with Crippen LogP contribution in [0.4, 0.5) is 0 Å². The Kier molecular flexibility index (Phi) is 2.20. The lowest BCUT2D eigenvalue weighted by Gasteiger charge is -2.03. The van der Waals surface area contributed by atoms with Gasteiger partial charge in [-0.3, -0.25) is 0 Å². The molecule has 0 saturated heterocycles. The maximum absolute atomic E-state index is 5.86. The van der Waals surface area contributed by atoms with E-state index in [1.807, 2.05) is 0 Å². The van der Waals surface area contributed by atoms with E-state index in [-0.39, 0.29) is 0 Å². The zero-order valence-corrected chi connectivity index (χ0v) is 10.2. The molecule has 2 nitrogen and oxygen atoms in total. The number of aryl methyl sites for hydroxylation is 1. The number of nitrogens with zero attached hydrogens (tertiary/aromatic N) is 1. The van der Waals surface area contributed by atoms with Crippen molar-refractivity contribution in [1.29, 1.82) is 0 Å². The maximum Gasteiger partial charge on any atom is 0.0562 e. The van der Waals surface area contributed by atoms with Crippen LogP contribution in [0, 0.1) is 6.92 Å². The summed E-state index contributed by atoms with van der Waals surface area (Å²) in [5, 5.41) is 3.87. The molecule has 0 fully saturated rings. The van der Waals surface area contributed by atoms with E-state index >= 15 is 0 Å². The molecular weight excluding hydrogens is 208 g/mol. The monoisotopic (exact) mass is 224 g/mol. The first-order valence-corrected chi connectivity index (χ1v) is 5.89. The fourth-order valence-electron chi connectivity index (χ4n) is 2.68. The Hall–Kier alpha value is -1.80. The van der Waals surface area contributed by atoms with E-state index in [2.05, 4.69) is 54.9 Å². The number of aromatic nitrogens is 1. The summed E-state index contributed by atoms with van der Waals surface area (Å²) in [5.41, 5.74) is 9.67. The molecule has 2 N–H and O–H groups in total. The topological polar surface area (TPSA) is 30.9 Å². The first-order valence-electron chi connectivity index (χ1n) is 5.89. The molecular formula is C15H16N2. The molecule has 0 aliphatic heterocycles. The van der Waals surface area contributed by atoms with Gasteiger partial charge in [0.1, 0.15) is 0 Å². The van der Waals surface area contributed by atoms with Crippen LogP contribution < -0.4 is 5.73 Å². The third kappa shape index (κ3) is 1.31. The minimum absolute atomic E-state index is 0.599. The van der Waals surface area contributed by atoms with Crippen molar-refractivity contribution in [3.63, 3.8) is 0 Å². The Morgan fingerprint density at radius 1 is 1.06 bits per heavy atom. The summed E-state index contributed by atoms with van der Waals surface area (Å²) in [6, 6.07) is 12.9. The van der Waals surface area contributed by atoms with Crippen molar-refractivity contribution in [3.05, 3.63) is 47.7 Å². The fourth-order valence-corrected chi connectivity index (χ4v) is 2.68. The quantitative estimate of drug-likeness (QED) is 0.676. The smallest absolute Gasteiger partial charge is 0.0562 e. The van der Waals surface area contributed by atoms with Gasteiger partial charge in [-0.1, -0.05) is 36.4 Å². The van der Waals surface area contributed by atoms with E-state index in [1.54, 1.807) is 0 Å². The minimum Gasteiger partial charge on any atom is -0.347 e. The van der Waals surface area contributed by atoms with Gasteiger partial charge in [0.2, 0.25) is 0 Å². The predicted octanol–water partition coefficient (Wildman–Crippen LogP) is 3.10. The van der Waals surface area contributed by atoms with Crippen LogP contribution in [0.5, 0.6) is 0 Å². The Balaban J connectivity index is 2.59. The van der Waals surface area contributed by atoms with E-state index < -0.39 is 0 Å². The molecule has 0 amide bonds. The van der Waals surface area contributed by atoms with Crippen molar-refractivity contribution < 1.29 is 0 Å². The van der Waals surface area contributed by atoms with Gasteiger partial charge in [0.15, 0.2) is 0 Å². The van der Waals surface area contributed by atoms with Crippen molar-refractivity contribution >= 4 is 21.7 Å². The summed E-state index contributed by atoms with van der Waals surface area (Å²) < 4.78 is 2.25. The first-order chi connectivity index (χ1) is 8.24. The van der Waals surface area contributed by atoms with Gasteiger partial charge in [-0.2, -0.15) is 0 Å². The van der Waals surface area contributed by atoms with Crippen molar-refractivity contribution in [2.45, 2.75) is 13.5 Å². The van der Waals surface area contributed by atoms with Crippen LogP contribution in [0.1, 0.15) is 11.3 Å². The highest BCUT2D eigenvalue weighted by atomic mass is 14.9. The molecule has 0 aliphatic rings. The van der Waals surface area contributed by atoms with Gasteiger partial charge >= 0.3 is 0 Å². The largest absolute Gasteiger partial charge is 0.347 e. The molecule has 3 rings (SSSR count). The summed E-state index contributed by atoms with van der Waals surface area (Å²) in [5.74, 6) is 0. The highest BCUT2D eigenvalue weighted by Gasteiger charge is 2.12. The Bertz CT molecular complexity index is 708. The zero-order chi connectivity index (χ0) is 12.0. The molecule has 86 valence electrons. The van der Waals surface area contributed by atoms with Crippen LogP contribution in [-0.2, 0) is 13.6 Å². The molecule has 0 bridgehead atoms. The third-order valence-corrected chi connectivity index (χ3v) is 3.71. The second-order valence-electron chi connectivity index (χ2n) is 4.51. The van der Waals surface area contributed by atoms with Crippen molar-refractivity contribution in [1.82, 2.24) is 4.57 Å². The summed E-state index contributed by atoms with van der Waals surface area (Å²) in [7, 11) is 2.11. The van der Waals surface area contributed by atoms with E-state index in [1.165, 1.54) is 32.9 Å². The zero-order valence-electron chi connectivity index (χ0n) is 10.2. The van der Waals surface area contributed by atoms with Gasteiger partial charge in [0.25, 0.3) is 0 Å². The van der Waals surface area contributed by atoms with Crippen LogP contribution in [0.15, 0.2) is 36.4 Å². The van der Waals surface area contributed by atoms with Gasteiger partial charge in [0, 0.05) is 30.1 Å². The second kappa shape index (κ2) is 3.60. The molecule has 3 aromatic rings. The van der Waals surface area contributed by atoms with Gasteiger partial charge < -0.3 is 10.3 Å². The van der Waals surface area contributed by atoms with E-state index in [0.717, 1.165) is 0 Å². The van der Waals surface area contributed by atoms with Gasteiger partial charge in [0.05, 0.1) is 5.52 Å². The highest BCUT2D eigenvalue weighted by molar-refractivity contribution is 6.07. The summed E-state index contributed by atoms with van der Waals surface area (Å²) in [4.78, 5) is 0. The van der Waals surface area contributed by atoms with Gasteiger partial charge in [-0.25, -0.2) is 0 Å². The van der Waals surface area contributed by atoms with E-state index in [4.69, 9.17) is 5.73 Å². The average molecular weight is 224 g/mol. The number of hydrogen-bond donors (Lipinski definition) is 1. The summed E-state index contributed by atoms with van der Waals surface area (Å²) in [6.45, 7) is 2.73. The Labute approximate surface area is 101 Å². The number of rotatable bonds is 1. The lowest BCUT2D eigenvalue weighted by Crippen LogP contribution is -1.98. The fraction of sp³-hybridized carbons (Fsp3) is 0.200. The van der Waals surface area contributed by atoms with Crippen molar-refractivity contribution in [2.75, 3.05) is 0 Å². The lowest BCUT2D eigenvalue weighted by atomic mass is 10.1. The van der Waals surface area contributed by atoms with Crippen LogP contribution in [0.2, 0.25) is 0 Å². The SMILES string of the molecule is Cc1c(CN)c2ccc3ccccc3c2n1C. The standard InChI is InChI=1S/C15H16N2/c1-10-14(9-16)13-8-7-11-5-3-4-6-12(11)15(13)17(10)2/h3-8H,9,16H2,1-2H3. The maximum atomic E-state index is 5.86. The molecule has 2 heteroatoms. The number of benzene rings is 2. The molecule has 1 aromatic heterocycles. The summed E-state index contributed by atoms with van der Waals surface area (Å²) in [6.07, 6.45) is 0. The third-order valence-electron chi connectivity index (χ3n) is 3.71. The van der Waals surface area contributed by atoms with Gasteiger partial charge in [-0.05, 0) is 17.9 Å². The van der Waals surface area contributed by atoms with Crippen LogP contribution >= 0.6 is 0 Å². The molecule has 1 heterocycles.